The Hall–Kier alpha value is -3.75. The summed E-state index contributed by atoms with van der Waals surface area (Å²) in [5, 5.41) is 7.50. The van der Waals surface area contributed by atoms with Crippen molar-refractivity contribution in [2.75, 3.05) is 14.2 Å². The molecule has 0 aliphatic heterocycles. The summed E-state index contributed by atoms with van der Waals surface area (Å²) in [4.78, 5) is 25.9. The first-order valence-corrected chi connectivity index (χ1v) is 12.1. The van der Waals surface area contributed by atoms with Gasteiger partial charge in [0, 0.05) is 11.4 Å². The molecule has 0 saturated carbocycles. The van der Waals surface area contributed by atoms with E-state index in [-0.39, 0.29) is 11.4 Å². The lowest BCUT2D eigenvalue weighted by atomic mass is 10.1. The lowest BCUT2D eigenvalue weighted by Crippen LogP contribution is -2.50. The van der Waals surface area contributed by atoms with E-state index in [0.717, 1.165) is 5.56 Å². The van der Waals surface area contributed by atoms with Crippen LogP contribution in [0.3, 0.4) is 0 Å². The topological polar surface area (TPSA) is 98.2 Å². The van der Waals surface area contributed by atoms with Crippen LogP contribution in [0, 0.1) is 0 Å². The smallest absolute Gasteiger partial charge is 0.262 e. The summed E-state index contributed by atoms with van der Waals surface area (Å²) in [5.41, 5.74) is 4.04. The number of amides is 2. The zero-order valence-electron chi connectivity index (χ0n) is 20.5. The first-order valence-electron chi connectivity index (χ1n) is 11.3. The van der Waals surface area contributed by atoms with E-state index in [9.17, 15) is 9.59 Å². The lowest BCUT2D eigenvalue weighted by molar-refractivity contribution is -0.132. The molecule has 2 N–H and O–H groups in total. The molecule has 37 heavy (non-hydrogen) atoms. The molecule has 0 saturated heterocycles. The maximum atomic E-state index is 13.0. The van der Waals surface area contributed by atoms with Crippen LogP contribution in [0.15, 0.2) is 71.8 Å². The summed E-state index contributed by atoms with van der Waals surface area (Å²) >= 11 is 12.1. The van der Waals surface area contributed by atoms with Crippen LogP contribution in [-0.2, 0) is 16.0 Å². The second kappa shape index (κ2) is 13.5. The fourth-order valence-corrected chi connectivity index (χ4v) is 3.80. The highest BCUT2D eigenvalue weighted by Gasteiger charge is 2.25. The Morgan fingerprint density at radius 2 is 1.62 bits per heavy atom. The molecule has 2 amide bonds. The van der Waals surface area contributed by atoms with Crippen LogP contribution in [0.2, 0.25) is 10.0 Å². The van der Waals surface area contributed by atoms with Gasteiger partial charge < -0.3 is 19.5 Å². The summed E-state index contributed by atoms with van der Waals surface area (Å²) in [6.45, 7) is 1.56. The van der Waals surface area contributed by atoms with Gasteiger partial charge in [-0.2, -0.15) is 5.10 Å². The predicted molar refractivity (Wildman–Crippen MR) is 144 cm³/mol. The van der Waals surface area contributed by atoms with E-state index >= 15 is 0 Å². The van der Waals surface area contributed by atoms with Crippen molar-refractivity contribution in [3.63, 3.8) is 0 Å². The van der Waals surface area contributed by atoms with Crippen molar-refractivity contribution in [2.24, 2.45) is 5.10 Å². The van der Waals surface area contributed by atoms with Crippen molar-refractivity contribution >= 4 is 41.2 Å². The molecule has 10 heteroatoms. The average Bonchev–Trinajstić information content (AvgIpc) is 2.90. The van der Waals surface area contributed by atoms with Gasteiger partial charge in [0.25, 0.3) is 11.8 Å². The van der Waals surface area contributed by atoms with Crippen molar-refractivity contribution in [3.05, 3.63) is 87.9 Å². The number of ether oxygens (including phenoxy) is 3. The fraction of sp³-hybridized carbons (Fsp3) is 0.222. The third-order valence-electron chi connectivity index (χ3n) is 5.28. The average molecular weight is 544 g/mol. The summed E-state index contributed by atoms with van der Waals surface area (Å²) in [6.07, 6.45) is 0.786. The zero-order chi connectivity index (χ0) is 26.8. The molecule has 0 heterocycles. The molecule has 3 rings (SSSR count). The molecular formula is C27H27Cl2N3O5. The van der Waals surface area contributed by atoms with Crippen molar-refractivity contribution in [2.45, 2.75) is 25.5 Å². The number of rotatable bonds is 11. The van der Waals surface area contributed by atoms with Gasteiger partial charge in [0.05, 0.1) is 25.5 Å². The number of hydrazone groups is 1. The molecule has 8 nitrogen and oxygen atoms in total. The van der Waals surface area contributed by atoms with Gasteiger partial charge in [-0.25, -0.2) is 5.43 Å². The summed E-state index contributed by atoms with van der Waals surface area (Å²) in [6, 6.07) is 18.3. The Balaban J connectivity index is 1.70. The third kappa shape index (κ3) is 8.13. The molecule has 3 aromatic rings. The van der Waals surface area contributed by atoms with Crippen molar-refractivity contribution in [1.82, 2.24) is 10.7 Å². The fourth-order valence-electron chi connectivity index (χ4n) is 3.34. The number of nitrogens with one attached hydrogen (secondary N) is 2. The molecule has 0 spiro atoms. The number of hydrogen-bond donors (Lipinski definition) is 2. The number of nitrogens with zero attached hydrogens (tertiary/aromatic N) is 1. The largest absolute Gasteiger partial charge is 0.493 e. The van der Waals surface area contributed by atoms with E-state index < -0.39 is 24.0 Å². The van der Waals surface area contributed by atoms with E-state index in [2.05, 4.69) is 15.8 Å². The minimum absolute atomic E-state index is 0.249. The van der Waals surface area contributed by atoms with Gasteiger partial charge in [-0.1, -0.05) is 53.5 Å². The number of methoxy groups -OCH3 is 2. The number of hydrogen-bond acceptors (Lipinski definition) is 6. The van der Waals surface area contributed by atoms with E-state index in [1.165, 1.54) is 19.4 Å². The van der Waals surface area contributed by atoms with Gasteiger partial charge in [0.1, 0.15) is 11.8 Å². The van der Waals surface area contributed by atoms with Crippen LogP contribution in [-0.4, -0.2) is 44.4 Å². The Labute approximate surface area is 225 Å². The van der Waals surface area contributed by atoms with E-state index in [1.807, 2.05) is 30.3 Å². The molecule has 2 atom stereocenters. The van der Waals surface area contributed by atoms with E-state index in [1.54, 1.807) is 44.4 Å². The maximum absolute atomic E-state index is 13.0. The van der Waals surface area contributed by atoms with Crippen LogP contribution in [0.25, 0.3) is 0 Å². The lowest BCUT2D eigenvalue weighted by Gasteiger charge is -2.21. The van der Waals surface area contributed by atoms with Crippen LogP contribution in [0.4, 0.5) is 0 Å². The molecule has 0 aliphatic carbocycles. The molecule has 0 aliphatic rings. The molecule has 0 fully saturated rings. The Morgan fingerprint density at radius 1 is 0.919 bits per heavy atom. The van der Waals surface area contributed by atoms with Gasteiger partial charge in [-0.15, -0.1) is 0 Å². The number of benzene rings is 3. The number of halogens is 2. The quantitative estimate of drug-likeness (QED) is 0.271. The van der Waals surface area contributed by atoms with Crippen molar-refractivity contribution in [3.8, 4) is 17.2 Å². The number of carbonyl (C=O) groups is 2. The molecule has 0 unspecified atom stereocenters. The maximum Gasteiger partial charge on any atom is 0.262 e. The minimum atomic E-state index is -0.931. The van der Waals surface area contributed by atoms with Crippen LogP contribution in [0.1, 0.15) is 18.1 Å². The second-order valence-corrected chi connectivity index (χ2v) is 8.78. The summed E-state index contributed by atoms with van der Waals surface area (Å²) < 4.78 is 16.2. The monoisotopic (exact) mass is 543 g/mol. The highest BCUT2D eigenvalue weighted by molar-refractivity contribution is 6.35. The van der Waals surface area contributed by atoms with Gasteiger partial charge in [-0.05, 0) is 54.4 Å². The van der Waals surface area contributed by atoms with Crippen LogP contribution >= 0.6 is 23.2 Å². The van der Waals surface area contributed by atoms with Crippen LogP contribution in [0.5, 0.6) is 17.2 Å². The van der Waals surface area contributed by atoms with E-state index in [4.69, 9.17) is 37.4 Å². The first kappa shape index (κ1) is 27.8. The summed E-state index contributed by atoms with van der Waals surface area (Å²) in [5.74, 6) is 0.418. The van der Waals surface area contributed by atoms with Crippen LogP contribution < -0.4 is 25.0 Å². The molecule has 194 valence electrons. The Bertz CT molecular complexity index is 1250. The highest BCUT2D eigenvalue weighted by atomic mass is 35.5. The number of carbonyl (C=O) groups excluding carboxylic acids is 2. The minimum Gasteiger partial charge on any atom is -0.493 e. The normalized spacial score (nSPS) is 12.5. The molecule has 0 aromatic heterocycles. The highest BCUT2D eigenvalue weighted by Crippen LogP contribution is 2.28. The predicted octanol–water partition coefficient (Wildman–Crippen LogP) is 4.66. The van der Waals surface area contributed by atoms with Gasteiger partial charge in [-0.3, -0.25) is 9.59 Å². The summed E-state index contributed by atoms with van der Waals surface area (Å²) in [7, 11) is 3.08. The molecule has 3 aromatic carbocycles. The van der Waals surface area contributed by atoms with Gasteiger partial charge in [0.2, 0.25) is 0 Å². The Morgan fingerprint density at radius 3 is 2.30 bits per heavy atom. The molecule has 0 bridgehead atoms. The SMILES string of the molecule is COc1ccc(/C=N\NC(=O)[C@@H](Cc2ccccc2)NC(=O)[C@H](C)Oc2ccc(Cl)cc2Cl)cc1OC. The van der Waals surface area contributed by atoms with E-state index in [0.29, 0.717) is 27.8 Å². The molecule has 0 radical (unpaired) electrons. The molecular weight excluding hydrogens is 517 g/mol. The standard InChI is InChI=1S/C27H27Cl2N3O5/c1-17(37-23-12-10-20(28)15-21(23)29)26(33)31-22(13-18-7-5-4-6-8-18)27(34)32-30-16-19-9-11-24(35-2)25(14-19)36-3/h4-12,14-17,22H,13H2,1-3H3,(H,31,33)(H,32,34)/b30-16-/t17-,22+/m0/s1. The van der Waals surface area contributed by atoms with Crippen molar-refractivity contribution < 1.29 is 23.8 Å². The van der Waals surface area contributed by atoms with Gasteiger partial charge in [0.15, 0.2) is 17.6 Å². The van der Waals surface area contributed by atoms with Gasteiger partial charge >= 0.3 is 0 Å². The third-order valence-corrected chi connectivity index (χ3v) is 5.81. The first-order chi connectivity index (χ1) is 17.8. The zero-order valence-corrected chi connectivity index (χ0v) is 22.0. The van der Waals surface area contributed by atoms with Crippen molar-refractivity contribution in [1.29, 1.82) is 0 Å². The second-order valence-electron chi connectivity index (χ2n) is 7.93. The Kier molecular flexibility index (Phi) is 10.2.